The number of hydrogen-bond acceptors (Lipinski definition) is 3. The van der Waals surface area contributed by atoms with Gasteiger partial charge in [0.2, 0.25) is 5.91 Å². The summed E-state index contributed by atoms with van der Waals surface area (Å²) < 4.78 is 0. The molecule has 0 unspecified atom stereocenters. The molecule has 18 heavy (non-hydrogen) atoms. The molecule has 1 aromatic heterocycles. The highest BCUT2D eigenvalue weighted by atomic mass is 16.1. The Bertz CT molecular complexity index is 500. The van der Waals surface area contributed by atoms with Crippen LogP contribution in [0.15, 0.2) is 23.9 Å². The summed E-state index contributed by atoms with van der Waals surface area (Å²) >= 11 is 0. The van der Waals surface area contributed by atoms with Gasteiger partial charge in [-0.05, 0) is 24.6 Å². The van der Waals surface area contributed by atoms with E-state index in [0.717, 1.165) is 18.8 Å². The molecule has 1 aromatic rings. The first-order valence-electron chi connectivity index (χ1n) is 6.09. The second-order valence-corrected chi connectivity index (χ2v) is 5.44. The van der Waals surface area contributed by atoms with E-state index < -0.39 is 5.91 Å². The second-order valence-electron chi connectivity index (χ2n) is 5.44. The fourth-order valence-electron chi connectivity index (χ4n) is 2.57. The molecule has 0 saturated heterocycles. The normalized spacial score (nSPS) is 18.8. The molecular weight excluding hydrogens is 226 g/mol. The SMILES string of the molecule is CC1=C(c2ccc(C(N)=O)cn2)C(C)(C)CNC1. The van der Waals surface area contributed by atoms with E-state index in [0.29, 0.717) is 5.56 Å². The summed E-state index contributed by atoms with van der Waals surface area (Å²) in [5.41, 5.74) is 9.21. The van der Waals surface area contributed by atoms with Crippen LogP contribution in [0.25, 0.3) is 5.57 Å². The smallest absolute Gasteiger partial charge is 0.250 e. The summed E-state index contributed by atoms with van der Waals surface area (Å²) in [6, 6.07) is 3.62. The van der Waals surface area contributed by atoms with Gasteiger partial charge >= 0.3 is 0 Å². The van der Waals surface area contributed by atoms with Crippen LogP contribution in [0.2, 0.25) is 0 Å². The molecule has 3 N–H and O–H groups in total. The molecule has 1 aliphatic rings. The van der Waals surface area contributed by atoms with Crippen molar-refractivity contribution >= 4 is 11.5 Å². The number of amides is 1. The average molecular weight is 245 g/mol. The molecule has 0 aliphatic carbocycles. The number of rotatable bonds is 2. The van der Waals surface area contributed by atoms with Gasteiger partial charge in [-0.3, -0.25) is 9.78 Å². The number of nitrogens with one attached hydrogen (secondary N) is 1. The van der Waals surface area contributed by atoms with E-state index in [9.17, 15) is 4.79 Å². The predicted molar refractivity (Wildman–Crippen MR) is 72.0 cm³/mol. The summed E-state index contributed by atoms with van der Waals surface area (Å²) in [6.07, 6.45) is 1.55. The monoisotopic (exact) mass is 245 g/mol. The molecule has 2 rings (SSSR count). The Morgan fingerprint density at radius 3 is 2.67 bits per heavy atom. The number of hydrogen-bond donors (Lipinski definition) is 2. The zero-order valence-corrected chi connectivity index (χ0v) is 11.1. The molecule has 96 valence electrons. The lowest BCUT2D eigenvalue weighted by Gasteiger charge is -2.34. The molecule has 1 aliphatic heterocycles. The van der Waals surface area contributed by atoms with Crippen molar-refractivity contribution in [2.75, 3.05) is 13.1 Å². The molecule has 0 fully saturated rings. The number of nitrogens with zero attached hydrogens (tertiary/aromatic N) is 1. The number of aromatic nitrogens is 1. The minimum absolute atomic E-state index is 0.0452. The summed E-state index contributed by atoms with van der Waals surface area (Å²) in [7, 11) is 0. The summed E-state index contributed by atoms with van der Waals surface area (Å²) in [6.45, 7) is 8.33. The van der Waals surface area contributed by atoms with Gasteiger partial charge < -0.3 is 11.1 Å². The van der Waals surface area contributed by atoms with Crippen molar-refractivity contribution in [3.8, 4) is 0 Å². The Morgan fingerprint density at radius 1 is 1.44 bits per heavy atom. The molecule has 0 saturated carbocycles. The van der Waals surface area contributed by atoms with Gasteiger partial charge in [0.05, 0.1) is 11.3 Å². The third-order valence-corrected chi connectivity index (χ3v) is 3.36. The van der Waals surface area contributed by atoms with Crippen LogP contribution in [0.3, 0.4) is 0 Å². The van der Waals surface area contributed by atoms with E-state index in [-0.39, 0.29) is 5.41 Å². The van der Waals surface area contributed by atoms with E-state index in [2.05, 4.69) is 31.1 Å². The first kappa shape index (κ1) is 12.8. The summed E-state index contributed by atoms with van der Waals surface area (Å²) in [4.78, 5) is 15.4. The average Bonchev–Trinajstić information content (AvgIpc) is 2.28. The van der Waals surface area contributed by atoms with E-state index >= 15 is 0 Å². The maximum atomic E-state index is 11.0. The van der Waals surface area contributed by atoms with Gasteiger partial charge in [-0.25, -0.2) is 0 Å². The third kappa shape index (κ3) is 2.29. The Morgan fingerprint density at radius 2 is 2.17 bits per heavy atom. The van der Waals surface area contributed by atoms with Crippen LogP contribution in [0.1, 0.15) is 36.8 Å². The molecule has 0 spiro atoms. The molecule has 0 radical (unpaired) electrons. The molecule has 1 amide bonds. The number of pyridine rings is 1. The Hall–Kier alpha value is -1.68. The van der Waals surface area contributed by atoms with Crippen molar-refractivity contribution in [1.82, 2.24) is 10.3 Å². The van der Waals surface area contributed by atoms with Crippen molar-refractivity contribution in [3.63, 3.8) is 0 Å². The Kier molecular flexibility index (Phi) is 3.22. The molecule has 0 atom stereocenters. The van der Waals surface area contributed by atoms with Crippen LogP contribution in [-0.2, 0) is 0 Å². The Balaban J connectivity index is 2.44. The number of carbonyl (C=O) groups is 1. The van der Waals surface area contributed by atoms with E-state index in [1.165, 1.54) is 11.1 Å². The maximum absolute atomic E-state index is 11.0. The van der Waals surface area contributed by atoms with Crippen LogP contribution in [0.4, 0.5) is 0 Å². The van der Waals surface area contributed by atoms with Gasteiger partial charge in [0.25, 0.3) is 0 Å². The van der Waals surface area contributed by atoms with Crippen LogP contribution in [0, 0.1) is 5.41 Å². The largest absolute Gasteiger partial charge is 0.366 e. The van der Waals surface area contributed by atoms with Gasteiger partial charge in [0.1, 0.15) is 0 Å². The highest BCUT2D eigenvalue weighted by molar-refractivity contribution is 5.92. The highest BCUT2D eigenvalue weighted by Crippen LogP contribution is 2.37. The van der Waals surface area contributed by atoms with Crippen molar-refractivity contribution in [3.05, 3.63) is 35.2 Å². The number of carbonyl (C=O) groups excluding carboxylic acids is 1. The fourth-order valence-corrected chi connectivity index (χ4v) is 2.57. The van der Waals surface area contributed by atoms with Gasteiger partial charge in [0, 0.05) is 24.7 Å². The van der Waals surface area contributed by atoms with Crippen LogP contribution >= 0.6 is 0 Å². The van der Waals surface area contributed by atoms with Crippen LogP contribution < -0.4 is 11.1 Å². The van der Waals surface area contributed by atoms with Crippen LogP contribution in [-0.4, -0.2) is 24.0 Å². The molecule has 2 heterocycles. The molecular formula is C14H19N3O. The lowest BCUT2D eigenvalue weighted by molar-refractivity contribution is 0.1000. The third-order valence-electron chi connectivity index (χ3n) is 3.36. The van der Waals surface area contributed by atoms with Crippen molar-refractivity contribution in [2.24, 2.45) is 11.1 Å². The van der Waals surface area contributed by atoms with Crippen molar-refractivity contribution in [2.45, 2.75) is 20.8 Å². The quantitative estimate of drug-likeness (QED) is 0.831. The molecule has 4 heteroatoms. The Labute approximate surface area is 107 Å². The number of nitrogens with two attached hydrogens (primary N) is 1. The fraction of sp³-hybridized carbons (Fsp3) is 0.429. The van der Waals surface area contributed by atoms with E-state index in [1.54, 1.807) is 12.3 Å². The van der Waals surface area contributed by atoms with Gasteiger partial charge in [0.15, 0.2) is 0 Å². The summed E-state index contributed by atoms with van der Waals surface area (Å²) in [5.74, 6) is -0.440. The van der Waals surface area contributed by atoms with Crippen LogP contribution in [0.5, 0.6) is 0 Å². The predicted octanol–water partition coefficient (Wildman–Crippen LogP) is 1.58. The molecule has 0 bridgehead atoms. The second kappa shape index (κ2) is 4.53. The first-order chi connectivity index (χ1) is 8.42. The van der Waals surface area contributed by atoms with Gasteiger partial charge in [-0.15, -0.1) is 0 Å². The lowest BCUT2D eigenvalue weighted by Crippen LogP contribution is -2.37. The maximum Gasteiger partial charge on any atom is 0.250 e. The molecule has 4 nitrogen and oxygen atoms in total. The number of primary amides is 1. The molecule has 0 aromatic carbocycles. The summed E-state index contributed by atoms with van der Waals surface area (Å²) in [5, 5.41) is 3.39. The van der Waals surface area contributed by atoms with Gasteiger partial charge in [-0.1, -0.05) is 19.4 Å². The minimum Gasteiger partial charge on any atom is -0.366 e. The zero-order chi connectivity index (χ0) is 13.3. The topological polar surface area (TPSA) is 68.0 Å². The van der Waals surface area contributed by atoms with Gasteiger partial charge in [-0.2, -0.15) is 0 Å². The zero-order valence-electron chi connectivity index (χ0n) is 11.1. The van der Waals surface area contributed by atoms with E-state index in [1.807, 2.05) is 6.07 Å². The van der Waals surface area contributed by atoms with Crippen molar-refractivity contribution < 1.29 is 4.79 Å². The highest BCUT2D eigenvalue weighted by Gasteiger charge is 2.30. The van der Waals surface area contributed by atoms with E-state index in [4.69, 9.17) is 5.73 Å². The van der Waals surface area contributed by atoms with Crippen molar-refractivity contribution in [1.29, 1.82) is 0 Å². The first-order valence-corrected chi connectivity index (χ1v) is 6.09. The minimum atomic E-state index is -0.440. The standard InChI is InChI=1S/C14H19N3O/c1-9-6-16-8-14(2,3)12(9)11-5-4-10(7-17-11)13(15)18/h4-5,7,16H,6,8H2,1-3H3,(H2,15,18). The lowest BCUT2D eigenvalue weighted by atomic mass is 9.77.